The Balaban J connectivity index is 0. The summed E-state index contributed by atoms with van der Waals surface area (Å²) in [4.78, 5) is 5.25. The van der Waals surface area contributed by atoms with Crippen molar-refractivity contribution in [3.63, 3.8) is 0 Å². The van der Waals surface area contributed by atoms with E-state index in [1.165, 1.54) is 52.1 Å². The predicted octanol–water partition coefficient (Wildman–Crippen LogP) is -5.64. The number of nitrogens with one attached hydrogen (secondary N) is 2. The van der Waals surface area contributed by atoms with E-state index in [2.05, 4.69) is 34.3 Å². The Morgan fingerprint density at radius 3 is 1.43 bits per heavy atom. The Morgan fingerprint density at radius 1 is 0.667 bits per heavy atom. The average Bonchev–Trinajstić information content (AvgIpc) is 2.37. The first-order valence-electron chi connectivity index (χ1n) is 7.65. The molecule has 0 spiro atoms. The topological polar surface area (TPSA) is 30.5 Å². The third-order valence-corrected chi connectivity index (χ3v) is 4.33. The van der Waals surface area contributed by atoms with Crippen molar-refractivity contribution < 1.29 is 41.9 Å². The first-order chi connectivity index (χ1) is 8.74. The molecule has 0 saturated carbocycles. The van der Waals surface area contributed by atoms with E-state index in [-0.39, 0.29) is 41.9 Å². The van der Waals surface area contributed by atoms with Crippen molar-refractivity contribution in [2.45, 2.75) is 38.8 Å². The molecule has 21 heavy (non-hydrogen) atoms. The van der Waals surface area contributed by atoms with Crippen LogP contribution in [0.4, 0.5) is 0 Å². The van der Waals surface area contributed by atoms with Crippen LogP contribution in [0.2, 0.25) is 0 Å². The fourth-order valence-electron chi connectivity index (χ4n) is 2.85. The first kappa shape index (κ1) is 24.2. The number of nitrogens with zero attached hydrogens (tertiary/aromatic N) is 2. The van der Waals surface area contributed by atoms with Crippen LogP contribution in [0.15, 0.2) is 0 Å². The molecule has 2 aliphatic rings. The molecule has 2 heterocycles. The van der Waals surface area contributed by atoms with Gasteiger partial charge in [0.05, 0.1) is 0 Å². The Labute approximate surface area is 153 Å². The number of hydrogen-bond acceptors (Lipinski definition) is 4. The fraction of sp³-hybridized carbons (Fsp3) is 1.00. The van der Waals surface area contributed by atoms with Gasteiger partial charge in [-0.1, -0.05) is 0 Å². The van der Waals surface area contributed by atoms with E-state index in [0.29, 0.717) is 12.1 Å². The van der Waals surface area contributed by atoms with Crippen LogP contribution in [-0.2, 0) is 17.1 Å². The van der Waals surface area contributed by atoms with Crippen LogP contribution in [0, 0.1) is 0 Å². The van der Waals surface area contributed by atoms with Gasteiger partial charge in [-0.15, -0.1) is 0 Å². The normalized spacial score (nSPS) is 34.6. The van der Waals surface area contributed by atoms with Gasteiger partial charge in [-0.25, -0.2) is 0 Å². The minimum absolute atomic E-state index is 0. The van der Waals surface area contributed by atoms with Gasteiger partial charge >= 0.3 is 17.1 Å². The summed E-state index contributed by atoms with van der Waals surface area (Å²) in [6.45, 7) is 14.3. The molecule has 2 N–H and O–H groups in total. The second-order valence-corrected chi connectivity index (χ2v) is 5.97. The van der Waals surface area contributed by atoms with Gasteiger partial charge in [0.15, 0.2) is 0 Å². The summed E-state index contributed by atoms with van der Waals surface area (Å²) < 4.78 is 0. The summed E-state index contributed by atoms with van der Waals surface area (Å²) in [7, 11) is 0. The second kappa shape index (κ2) is 13.4. The molecular weight excluding hydrogens is 350 g/mol. The zero-order chi connectivity index (χ0) is 12.8. The van der Waals surface area contributed by atoms with Crippen LogP contribution in [-0.4, -0.2) is 74.2 Å². The number of fused-ring (bicyclic) bond motifs is 3. The molecule has 2 fully saturated rings. The fourth-order valence-corrected chi connectivity index (χ4v) is 2.85. The van der Waals surface area contributed by atoms with Gasteiger partial charge in [0.25, 0.3) is 0 Å². The van der Waals surface area contributed by atoms with Gasteiger partial charge in [0.2, 0.25) is 0 Å². The molecule has 7 heteroatoms. The number of rotatable bonds is 0. The van der Waals surface area contributed by atoms with E-state index in [4.69, 9.17) is 0 Å². The van der Waals surface area contributed by atoms with Crippen molar-refractivity contribution in [1.29, 1.82) is 0 Å². The standard InChI is InChI=1S/C14H30N4.2ClH.Mn/c1-13-3-7-17-10-6-16-14(2)4-8-18(12-11-17)9-5-15-13;;;/h13-16H,3-12H2,1-2H3;2*1H;/q;;;+2/p-2. The van der Waals surface area contributed by atoms with Crippen molar-refractivity contribution in [3.05, 3.63) is 0 Å². The molecule has 4 unspecified atom stereocenters. The molecule has 0 aromatic carbocycles. The molecule has 2 bridgehead atoms. The maximum atomic E-state index is 3.65. The summed E-state index contributed by atoms with van der Waals surface area (Å²) in [5.41, 5.74) is 0. The van der Waals surface area contributed by atoms with Gasteiger partial charge in [0, 0.05) is 51.4 Å². The number of hydrogen-bond donors (Lipinski definition) is 2. The molecule has 4 nitrogen and oxygen atoms in total. The molecule has 2 saturated heterocycles. The zero-order valence-corrected chi connectivity index (χ0v) is 15.9. The molecule has 2 aliphatic heterocycles. The molecule has 2 rings (SSSR count). The van der Waals surface area contributed by atoms with E-state index in [0.717, 1.165) is 13.1 Å². The molecule has 4 atom stereocenters. The van der Waals surface area contributed by atoms with E-state index in [1.54, 1.807) is 0 Å². The van der Waals surface area contributed by atoms with E-state index >= 15 is 0 Å². The number of halogens is 2. The van der Waals surface area contributed by atoms with E-state index in [9.17, 15) is 0 Å². The molecule has 0 aliphatic carbocycles. The molecule has 0 amide bonds. The molecule has 0 aromatic heterocycles. The van der Waals surface area contributed by atoms with Gasteiger partial charge in [0.1, 0.15) is 0 Å². The van der Waals surface area contributed by atoms with Gasteiger partial charge < -0.3 is 45.2 Å². The van der Waals surface area contributed by atoms with Crippen LogP contribution in [0.5, 0.6) is 0 Å². The Hall–Kier alpha value is 0.939. The summed E-state index contributed by atoms with van der Waals surface area (Å²) >= 11 is 0. The van der Waals surface area contributed by atoms with Gasteiger partial charge in [-0.05, 0) is 39.8 Å². The summed E-state index contributed by atoms with van der Waals surface area (Å²) in [5, 5.41) is 7.30. The third kappa shape index (κ3) is 9.62. The van der Waals surface area contributed by atoms with Crippen LogP contribution in [0.3, 0.4) is 0 Å². The Morgan fingerprint density at radius 2 is 1.05 bits per heavy atom. The monoisotopic (exact) mass is 379 g/mol. The Bertz CT molecular complexity index is 225. The summed E-state index contributed by atoms with van der Waals surface area (Å²) in [5.74, 6) is 0. The predicted molar refractivity (Wildman–Crippen MR) is 77.0 cm³/mol. The van der Waals surface area contributed by atoms with E-state index in [1.807, 2.05) is 0 Å². The first-order valence-corrected chi connectivity index (χ1v) is 7.65. The molecule has 1 radical (unpaired) electrons. The SMILES string of the molecule is CC1CCN2CCNC(C)CCN(CCN1)CC2.[Cl-].[Cl-].[Mn+2]. The maximum Gasteiger partial charge on any atom is 2.00 e. The van der Waals surface area contributed by atoms with Crippen molar-refractivity contribution in [1.82, 2.24) is 20.4 Å². The molecule has 0 aromatic rings. The quantitative estimate of drug-likeness (QED) is 0.411. The van der Waals surface area contributed by atoms with Crippen molar-refractivity contribution in [2.75, 3.05) is 52.4 Å². The van der Waals surface area contributed by atoms with E-state index < -0.39 is 0 Å². The average molecular weight is 380 g/mol. The Kier molecular flexibility index (Phi) is 15.4. The van der Waals surface area contributed by atoms with Gasteiger partial charge in [-0.3, -0.25) is 0 Å². The third-order valence-electron chi connectivity index (χ3n) is 4.33. The minimum atomic E-state index is 0. The minimum Gasteiger partial charge on any atom is -1.00 e. The summed E-state index contributed by atoms with van der Waals surface area (Å²) in [6.07, 6.45) is 2.55. The molecule has 127 valence electrons. The van der Waals surface area contributed by atoms with Gasteiger partial charge in [-0.2, -0.15) is 0 Å². The zero-order valence-electron chi connectivity index (χ0n) is 13.3. The van der Waals surface area contributed by atoms with Crippen molar-refractivity contribution >= 4 is 0 Å². The summed E-state index contributed by atoms with van der Waals surface area (Å²) in [6, 6.07) is 1.31. The van der Waals surface area contributed by atoms with Crippen LogP contribution < -0.4 is 35.4 Å². The molecular formula is C14H30Cl2MnN4. The van der Waals surface area contributed by atoms with Crippen molar-refractivity contribution in [2.24, 2.45) is 0 Å². The largest absolute Gasteiger partial charge is 2.00 e. The maximum absolute atomic E-state index is 3.65. The smallest absolute Gasteiger partial charge is 1.00 e. The van der Waals surface area contributed by atoms with Crippen LogP contribution in [0.25, 0.3) is 0 Å². The van der Waals surface area contributed by atoms with Crippen molar-refractivity contribution in [3.8, 4) is 0 Å². The van der Waals surface area contributed by atoms with Crippen LogP contribution in [0.1, 0.15) is 26.7 Å². The van der Waals surface area contributed by atoms with Crippen LogP contribution >= 0.6 is 0 Å². The second-order valence-electron chi connectivity index (χ2n) is 5.97.